The standard InChI is InChI=1S/C18H23N3O2/c1-18(7-6-16(22)20-17(18)23)14-2-4-15(5-3-14)21-10-12-8-19-9-13(12)11-21/h2-5,12-13,19H,6-11H2,1H3,(H,20,22,23)/t12-,13+,18-/m1/s1. The minimum atomic E-state index is -0.599. The third kappa shape index (κ3) is 2.43. The molecule has 0 aliphatic carbocycles. The Morgan fingerprint density at radius 1 is 1.09 bits per heavy atom. The minimum Gasteiger partial charge on any atom is -0.371 e. The Kier molecular flexibility index (Phi) is 3.41. The number of carbonyl (C=O) groups excluding carboxylic acids is 2. The summed E-state index contributed by atoms with van der Waals surface area (Å²) < 4.78 is 0. The van der Waals surface area contributed by atoms with E-state index in [4.69, 9.17) is 0 Å². The molecule has 3 saturated heterocycles. The predicted molar refractivity (Wildman–Crippen MR) is 88.2 cm³/mol. The zero-order valence-electron chi connectivity index (χ0n) is 13.5. The number of fused-ring (bicyclic) bond motifs is 1. The molecule has 5 heteroatoms. The van der Waals surface area contributed by atoms with Gasteiger partial charge in [0.15, 0.2) is 0 Å². The summed E-state index contributed by atoms with van der Waals surface area (Å²) in [5.74, 6) is 1.19. The van der Waals surface area contributed by atoms with Gasteiger partial charge in [-0.05, 0) is 42.9 Å². The van der Waals surface area contributed by atoms with Gasteiger partial charge in [0.05, 0.1) is 5.41 Å². The van der Waals surface area contributed by atoms with Crippen LogP contribution in [0.15, 0.2) is 24.3 Å². The summed E-state index contributed by atoms with van der Waals surface area (Å²) in [6.45, 7) is 6.42. The maximum Gasteiger partial charge on any atom is 0.236 e. The number of anilines is 1. The lowest BCUT2D eigenvalue weighted by molar-refractivity contribution is -0.137. The smallest absolute Gasteiger partial charge is 0.236 e. The Labute approximate surface area is 136 Å². The molecule has 0 saturated carbocycles. The van der Waals surface area contributed by atoms with Gasteiger partial charge >= 0.3 is 0 Å². The van der Waals surface area contributed by atoms with E-state index < -0.39 is 5.41 Å². The highest BCUT2D eigenvalue weighted by Crippen LogP contribution is 2.35. The number of hydrogen-bond donors (Lipinski definition) is 2. The van der Waals surface area contributed by atoms with E-state index in [1.807, 2.05) is 6.92 Å². The van der Waals surface area contributed by atoms with E-state index in [1.54, 1.807) is 0 Å². The van der Waals surface area contributed by atoms with Crippen LogP contribution in [0, 0.1) is 11.8 Å². The van der Waals surface area contributed by atoms with E-state index in [-0.39, 0.29) is 11.8 Å². The highest BCUT2D eigenvalue weighted by atomic mass is 16.2. The van der Waals surface area contributed by atoms with Crippen molar-refractivity contribution < 1.29 is 9.59 Å². The van der Waals surface area contributed by atoms with Crippen molar-refractivity contribution in [3.8, 4) is 0 Å². The van der Waals surface area contributed by atoms with Crippen LogP contribution in [0.3, 0.4) is 0 Å². The lowest BCUT2D eigenvalue weighted by atomic mass is 9.75. The van der Waals surface area contributed by atoms with Crippen molar-refractivity contribution >= 4 is 17.5 Å². The first-order valence-electron chi connectivity index (χ1n) is 8.47. The molecule has 3 atom stereocenters. The van der Waals surface area contributed by atoms with Gasteiger partial charge in [0, 0.05) is 38.3 Å². The summed E-state index contributed by atoms with van der Waals surface area (Å²) >= 11 is 0. The number of amides is 2. The maximum absolute atomic E-state index is 12.3. The number of carbonyl (C=O) groups is 2. The minimum absolute atomic E-state index is 0.165. The van der Waals surface area contributed by atoms with Crippen LogP contribution in [-0.2, 0) is 15.0 Å². The molecule has 0 bridgehead atoms. The van der Waals surface area contributed by atoms with Crippen molar-refractivity contribution in [2.24, 2.45) is 11.8 Å². The molecule has 1 aromatic carbocycles. The predicted octanol–water partition coefficient (Wildman–Crippen LogP) is 1.04. The molecule has 3 fully saturated rings. The summed E-state index contributed by atoms with van der Waals surface area (Å²) in [6.07, 6.45) is 0.989. The number of piperidine rings is 1. The zero-order valence-corrected chi connectivity index (χ0v) is 13.5. The molecule has 0 radical (unpaired) electrons. The van der Waals surface area contributed by atoms with Crippen LogP contribution in [0.25, 0.3) is 0 Å². The summed E-state index contributed by atoms with van der Waals surface area (Å²) in [7, 11) is 0. The first-order chi connectivity index (χ1) is 11.1. The molecule has 0 unspecified atom stereocenters. The third-order valence-corrected chi connectivity index (χ3v) is 5.87. The molecular formula is C18H23N3O2. The van der Waals surface area contributed by atoms with Crippen LogP contribution in [-0.4, -0.2) is 38.0 Å². The Morgan fingerprint density at radius 3 is 2.35 bits per heavy atom. The molecular weight excluding hydrogens is 290 g/mol. The topological polar surface area (TPSA) is 61.4 Å². The van der Waals surface area contributed by atoms with Crippen molar-refractivity contribution in [2.45, 2.75) is 25.2 Å². The first kappa shape index (κ1) is 14.7. The highest BCUT2D eigenvalue weighted by molar-refractivity contribution is 6.03. The van der Waals surface area contributed by atoms with Gasteiger partial charge < -0.3 is 10.2 Å². The van der Waals surface area contributed by atoms with E-state index in [1.165, 1.54) is 5.69 Å². The van der Waals surface area contributed by atoms with E-state index in [9.17, 15) is 9.59 Å². The molecule has 1 aromatic rings. The lowest BCUT2D eigenvalue weighted by Gasteiger charge is -2.32. The monoisotopic (exact) mass is 313 g/mol. The lowest BCUT2D eigenvalue weighted by Crippen LogP contribution is -2.49. The van der Waals surface area contributed by atoms with Gasteiger partial charge in [0.25, 0.3) is 0 Å². The summed E-state index contributed by atoms with van der Waals surface area (Å²) in [5.41, 5.74) is 1.63. The zero-order chi connectivity index (χ0) is 16.0. The molecule has 122 valence electrons. The Bertz CT molecular complexity index is 630. The van der Waals surface area contributed by atoms with E-state index in [0.717, 1.165) is 43.6 Å². The Hall–Kier alpha value is -1.88. The second-order valence-electron chi connectivity index (χ2n) is 7.34. The molecule has 5 nitrogen and oxygen atoms in total. The van der Waals surface area contributed by atoms with Crippen LogP contribution in [0.5, 0.6) is 0 Å². The fourth-order valence-electron chi connectivity index (χ4n) is 4.19. The summed E-state index contributed by atoms with van der Waals surface area (Å²) in [6, 6.07) is 8.35. The number of hydrogen-bond acceptors (Lipinski definition) is 4. The van der Waals surface area contributed by atoms with E-state index in [2.05, 4.69) is 39.8 Å². The van der Waals surface area contributed by atoms with Crippen LogP contribution in [0.1, 0.15) is 25.3 Å². The third-order valence-electron chi connectivity index (χ3n) is 5.87. The molecule has 4 rings (SSSR count). The van der Waals surface area contributed by atoms with Gasteiger partial charge in [0.1, 0.15) is 0 Å². The normalized spacial score (nSPS) is 33.7. The number of benzene rings is 1. The van der Waals surface area contributed by atoms with E-state index >= 15 is 0 Å². The number of rotatable bonds is 2. The second kappa shape index (κ2) is 5.34. The Balaban J connectivity index is 1.52. The van der Waals surface area contributed by atoms with Crippen molar-refractivity contribution in [1.82, 2.24) is 10.6 Å². The van der Waals surface area contributed by atoms with Crippen LogP contribution < -0.4 is 15.5 Å². The van der Waals surface area contributed by atoms with Crippen LogP contribution in [0.4, 0.5) is 5.69 Å². The average molecular weight is 313 g/mol. The van der Waals surface area contributed by atoms with Gasteiger partial charge in [-0.25, -0.2) is 0 Å². The molecule has 23 heavy (non-hydrogen) atoms. The van der Waals surface area contributed by atoms with Crippen LogP contribution >= 0.6 is 0 Å². The van der Waals surface area contributed by atoms with Gasteiger partial charge in [-0.2, -0.15) is 0 Å². The number of nitrogens with zero attached hydrogens (tertiary/aromatic N) is 1. The van der Waals surface area contributed by atoms with Crippen molar-refractivity contribution in [2.75, 3.05) is 31.1 Å². The molecule has 2 N–H and O–H groups in total. The van der Waals surface area contributed by atoms with Crippen molar-refractivity contribution in [3.63, 3.8) is 0 Å². The Morgan fingerprint density at radius 2 is 1.74 bits per heavy atom. The van der Waals surface area contributed by atoms with Crippen molar-refractivity contribution in [1.29, 1.82) is 0 Å². The number of imide groups is 1. The molecule has 0 aromatic heterocycles. The fourth-order valence-corrected chi connectivity index (χ4v) is 4.19. The average Bonchev–Trinajstić information content (AvgIpc) is 3.13. The van der Waals surface area contributed by atoms with Gasteiger partial charge in [-0.3, -0.25) is 14.9 Å². The maximum atomic E-state index is 12.3. The van der Waals surface area contributed by atoms with Gasteiger partial charge in [-0.1, -0.05) is 12.1 Å². The van der Waals surface area contributed by atoms with E-state index in [0.29, 0.717) is 12.8 Å². The summed E-state index contributed by atoms with van der Waals surface area (Å²) in [4.78, 5) is 26.1. The molecule has 3 heterocycles. The summed E-state index contributed by atoms with van der Waals surface area (Å²) in [5, 5.41) is 5.93. The fraction of sp³-hybridized carbons (Fsp3) is 0.556. The largest absolute Gasteiger partial charge is 0.371 e. The highest BCUT2D eigenvalue weighted by Gasteiger charge is 2.40. The van der Waals surface area contributed by atoms with Gasteiger partial charge in [0.2, 0.25) is 11.8 Å². The van der Waals surface area contributed by atoms with Gasteiger partial charge in [-0.15, -0.1) is 0 Å². The quantitative estimate of drug-likeness (QED) is 0.801. The van der Waals surface area contributed by atoms with Crippen LogP contribution in [0.2, 0.25) is 0 Å². The molecule has 0 spiro atoms. The number of nitrogens with one attached hydrogen (secondary N) is 2. The second-order valence-corrected chi connectivity index (χ2v) is 7.34. The molecule has 2 amide bonds. The molecule has 3 aliphatic rings. The SMILES string of the molecule is C[C@]1(c2ccc(N3C[C@H]4CNC[C@H]4C3)cc2)CCC(=O)NC1=O. The van der Waals surface area contributed by atoms with Crippen molar-refractivity contribution in [3.05, 3.63) is 29.8 Å². The first-order valence-corrected chi connectivity index (χ1v) is 8.47. The molecule has 3 aliphatic heterocycles.